The quantitative estimate of drug-likeness (QED) is 0.448. The number of carbonyl (C=O) groups is 1. The largest absolute Gasteiger partial charge is 0.493 e. The first-order chi connectivity index (χ1) is 19.2. The van der Waals surface area contributed by atoms with Crippen LogP contribution in [0.3, 0.4) is 0 Å². The molecule has 0 unspecified atom stereocenters. The minimum Gasteiger partial charge on any atom is -0.493 e. The lowest BCUT2D eigenvalue weighted by atomic mass is 10.0. The van der Waals surface area contributed by atoms with Crippen LogP contribution in [0, 0.1) is 11.3 Å². The fraction of sp³-hybridized carbons (Fsp3) is 0.517. The number of primary amides is 1. The highest BCUT2D eigenvalue weighted by Crippen LogP contribution is 2.37. The van der Waals surface area contributed by atoms with Crippen LogP contribution >= 0.6 is 11.6 Å². The maximum atomic E-state index is 9.47. The number of amides is 1. The Morgan fingerprint density at radius 2 is 2.02 bits per heavy atom. The van der Waals surface area contributed by atoms with Crippen LogP contribution in [-0.4, -0.2) is 60.7 Å². The molecule has 1 aromatic carbocycles. The van der Waals surface area contributed by atoms with Gasteiger partial charge in [-0.15, -0.1) is 0 Å². The van der Waals surface area contributed by atoms with Crippen molar-refractivity contribution < 1.29 is 14.3 Å². The average Bonchev–Trinajstić information content (AvgIpc) is 3.38. The summed E-state index contributed by atoms with van der Waals surface area (Å²) < 4.78 is 11.4. The SMILES string of the molecule is C=CC(N)=O.CC.CCCC#N.COc1c(Cl)cccc1N1CCc2c(N)nc(OC[C@@H]3CCCN3C)nc2C1. The van der Waals surface area contributed by atoms with Gasteiger partial charge in [0.25, 0.3) is 0 Å². The van der Waals surface area contributed by atoms with Gasteiger partial charge in [-0.1, -0.05) is 45.0 Å². The molecule has 220 valence electrons. The number of methoxy groups -OCH3 is 1. The number of nitrogens with zero attached hydrogens (tertiary/aromatic N) is 5. The zero-order valence-electron chi connectivity index (χ0n) is 24.5. The van der Waals surface area contributed by atoms with E-state index in [0.29, 0.717) is 48.2 Å². The number of fused-ring (bicyclic) bond motifs is 1. The highest BCUT2D eigenvalue weighted by molar-refractivity contribution is 6.32. The second-order valence-electron chi connectivity index (χ2n) is 8.88. The molecule has 2 aromatic rings. The van der Waals surface area contributed by atoms with Crippen LogP contribution < -0.4 is 25.8 Å². The number of nitrogens with two attached hydrogens (primary N) is 2. The molecule has 1 amide bonds. The number of carbonyl (C=O) groups excluding carboxylic acids is 1. The Morgan fingerprint density at radius 1 is 1.32 bits per heavy atom. The maximum absolute atomic E-state index is 9.47. The van der Waals surface area contributed by atoms with Crippen molar-refractivity contribution in [3.63, 3.8) is 0 Å². The molecule has 4 rings (SSSR count). The molecule has 1 atom stereocenters. The summed E-state index contributed by atoms with van der Waals surface area (Å²) in [6.07, 6.45) is 5.84. The summed E-state index contributed by atoms with van der Waals surface area (Å²) in [6.45, 7) is 12.2. The van der Waals surface area contributed by atoms with Gasteiger partial charge in [-0.2, -0.15) is 15.2 Å². The predicted octanol–water partition coefficient (Wildman–Crippen LogP) is 4.75. The third-order valence-electron chi connectivity index (χ3n) is 6.21. The number of para-hydroxylation sites is 1. The normalized spacial score (nSPS) is 15.4. The minimum atomic E-state index is -0.481. The summed E-state index contributed by atoms with van der Waals surface area (Å²) in [7, 11) is 3.76. The van der Waals surface area contributed by atoms with E-state index in [1.807, 2.05) is 45.0 Å². The molecule has 0 saturated carbocycles. The second kappa shape index (κ2) is 18.7. The minimum absolute atomic E-state index is 0.358. The van der Waals surface area contributed by atoms with Crippen molar-refractivity contribution in [2.24, 2.45) is 5.73 Å². The summed E-state index contributed by atoms with van der Waals surface area (Å²) >= 11 is 6.29. The van der Waals surface area contributed by atoms with Crippen molar-refractivity contribution in [1.82, 2.24) is 14.9 Å². The van der Waals surface area contributed by atoms with Gasteiger partial charge in [0.1, 0.15) is 12.4 Å². The van der Waals surface area contributed by atoms with Gasteiger partial charge in [-0.3, -0.25) is 4.79 Å². The average molecular weight is 574 g/mol. The zero-order valence-corrected chi connectivity index (χ0v) is 25.2. The Hall–Kier alpha value is -3.55. The van der Waals surface area contributed by atoms with Crippen LogP contribution in [0.25, 0.3) is 0 Å². The van der Waals surface area contributed by atoms with Gasteiger partial charge in [0.05, 0.1) is 36.1 Å². The molecule has 40 heavy (non-hydrogen) atoms. The number of hydrogen-bond donors (Lipinski definition) is 2. The van der Waals surface area contributed by atoms with E-state index >= 15 is 0 Å². The van der Waals surface area contributed by atoms with E-state index in [0.717, 1.165) is 55.4 Å². The molecule has 0 spiro atoms. The molecule has 0 radical (unpaired) electrons. The van der Waals surface area contributed by atoms with Crippen LogP contribution in [0.5, 0.6) is 11.8 Å². The van der Waals surface area contributed by atoms with Crippen molar-refractivity contribution in [2.45, 2.75) is 65.5 Å². The summed E-state index contributed by atoms with van der Waals surface area (Å²) in [6, 6.07) is 8.55. The monoisotopic (exact) mass is 573 g/mol. The fourth-order valence-corrected chi connectivity index (χ4v) is 4.37. The molecule has 0 aliphatic carbocycles. The molecule has 2 aliphatic heterocycles. The van der Waals surface area contributed by atoms with Crippen LogP contribution in [-0.2, 0) is 17.8 Å². The number of unbranched alkanes of at least 4 members (excludes halogenated alkanes) is 1. The molecule has 2 aliphatic rings. The Balaban J connectivity index is 0.000000568. The van der Waals surface area contributed by atoms with E-state index in [2.05, 4.69) is 39.1 Å². The van der Waals surface area contributed by atoms with E-state index in [1.165, 1.54) is 6.42 Å². The van der Waals surface area contributed by atoms with Gasteiger partial charge < -0.3 is 30.7 Å². The standard InChI is InChI=1S/C20H26ClN5O2.C4H7N.C3H5NO.C2H6/c1-25-9-4-5-13(25)12-28-20-23-16-11-26(10-8-14(16)19(22)24-20)17-7-3-6-15(21)18(17)27-2;1-2-3-4-5;1-2-3(4)5;1-2/h3,6-7,13H,4-5,8-12H2,1-2H3,(H2,22,23,24);2-3H2,1H3;2H,1H2,(H2,4,5);1-2H3/t13-;;;/m0.../s1. The molecular formula is C29H44ClN7O3. The molecule has 3 heterocycles. The van der Waals surface area contributed by atoms with E-state index in [4.69, 9.17) is 32.1 Å². The second-order valence-corrected chi connectivity index (χ2v) is 9.29. The Labute approximate surface area is 243 Å². The van der Waals surface area contributed by atoms with Gasteiger partial charge in [-0.05, 0) is 57.5 Å². The number of benzene rings is 1. The number of anilines is 2. The van der Waals surface area contributed by atoms with Crippen LogP contribution in [0.15, 0.2) is 30.9 Å². The summed E-state index contributed by atoms with van der Waals surface area (Å²) in [4.78, 5) is 23.0. The van der Waals surface area contributed by atoms with Gasteiger partial charge in [0.2, 0.25) is 5.91 Å². The van der Waals surface area contributed by atoms with Gasteiger partial charge >= 0.3 is 6.01 Å². The van der Waals surface area contributed by atoms with E-state index < -0.39 is 5.91 Å². The van der Waals surface area contributed by atoms with Crippen molar-refractivity contribution in [2.75, 3.05) is 44.5 Å². The van der Waals surface area contributed by atoms with Crippen molar-refractivity contribution >= 4 is 29.0 Å². The number of halogens is 1. The van der Waals surface area contributed by atoms with Crippen molar-refractivity contribution in [3.8, 4) is 17.8 Å². The topological polar surface area (TPSA) is 144 Å². The molecule has 10 nitrogen and oxygen atoms in total. The first kappa shape index (κ1) is 34.5. The molecule has 1 aromatic heterocycles. The van der Waals surface area contributed by atoms with E-state index in [9.17, 15) is 4.79 Å². The van der Waals surface area contributed by atoms with Crippen molar-refractivity contribution in [3.05, 3.63) is 47.1 Å². The molecule has 1 saturated heterocycles. The number of likely N-dealkylation sites (N-methyl/N-ethyl adjacent to an activating group) is 1. The van der Waals surface area contributed by atoms with E-state index in [1.54, 1.807) is 7.11 Å². The third kappa shape index (κ3) is 10.5. The number of hydrogen-bond acceptors (Lipinski definition) is 9. The first-order valence-corrected chi connectivity index (χ1v) is 14.0. The molecule has 4 N–H and O–H groups in total. The Morgan fingerprint density at radius 3 is 2.55 bits per heavy atom. The predicted molar refractivity (Wildman–Crippen MR) is 162 cm³/mol. The van der Waals surface area contributed by atoms with E-state index in [-0.39, 0.29) is 0 Å². The Bertz CT molecular complexity index is 1120. The first-order valence-electron chi connectivity index (χ1n) is 13.6. The maximum Gasteiger partial charge on any atom is 0.318 e. The van der Waals surface area contributed by atoms with Crippen LogP contribution in [0.1, 0.15) is 57.7 Å². The molecule has 11 heteroatoms. The fourth-order valence-electron chi connectivity index (χ4n) is 4.13. The number of aromatic nitrogens is 2. The Kier molecular flexibility index (Phi) is 16.1. The highest BCUT2D eigenvalue weighted by Gasteiger charge is 2.26. The number of rotatable bonds is 7. The van der Waals surface area contributed by atoms with Crippen LogP contribution in [0.2, 0.25) is 5.02 Å². The van der Waals surface area contributed by atoms with Crippen LogP contribution in [0.4, 0.5) is 11.5 Å². The summed E-state index contributed by atoms with van der Waals surface area (Å²) in [5.41, 5.74) is 13.6. The zero-order chi connectivity index (χ0) is 30.1. The van der Waals surface area contributed by atoms with Crippen molar-refractivity contribution in [1.29, 1.82) is 5.26 Å². The highest BCUT2D eigenvalue weighted by atomic mass is 35.5. The number of nitrogen functional groups attached to an aromatic ring is 1. The lowest BCUT2D eigenvalue weighted by Crippen LogP contribution is -2.33. The van der Waals surface area contributed by atoms with Gasteiger partial charge in [0, 0.05) is 24.6 Å². The van der Waals surface area contributed by atoms with Gasteiger partial charge in [0.15, 0.2) is 5.75 Å². The number of nitriles is 1. The number of likely N-dealkylation sites (tertiary alicyclic amines) is 1. The summed E-state index contributed by atoms with van der Waals surface area (Å²) in [5.74, 6) is 0.706. The van der Waals surface area contributed by atoms with Gasteiger partial charge in [-0.25, -0.2) is 0 Å². The lowest BCUT2D eigenvalue weighted by Gasteiger charge is -2.31. The number of ether oxygens (including phenoxy) is 2. The molecular weight excluding hydrogens is 530 g/mol. The third-order valence-corrected chi connectivity index (χ3v) is 6.50. The molecule has 0 bridgehead atoms. The smallest absolute Gasteiger partial charge is 0.318 e. The summed E-state index contributed by atoms with van der Waals surface area (Å²) in [5, 5.41) is 8.41. The molecule has 1 fully saturated rings. The lowest BCUT2D eigenvalue weighted by molar-refractivity contribution is -0.113.